The Hall–Kier alpha value is -1.57. The lowest BCUT2D eigenvalue weighted by Crippen LogP contribution is -2.48. The van der Waals surface area contributed by atoms with Gasteiger partial charge in [-0.2, -0.15) is 0 Å². The van der Waals surface area contributed by atoms with E-state index in [2.05, 4.69) is 25.6 Å². The van der Waals surface area contributed by atoms with E-state index in [1.165, 1.54) is 5.56 Å². The van der Waals surface area contributed by atoms with Gasteiger partial charge in [0.1, 0.15) is 0 Å². The first-order chi connectivity index (χ1) is 7.75. The van der Waals surface area contributed by atoms with Crippen molar-refractivity contribution in [2.75, 3.05) is 6.54 Å². The first kappa shape index (κ1) is 10.9. The van der Waals surface area contributed by atoms with Crippen LogP contribution >= 0.6 is 0 Å². The zero-order valence-corrected chi connectivity index (χ0v) is 9.65. The van der Waals surface area contributed by atoms with Crippen LogP contribution in [0.5, 0.6) is 0 Å². The topological polar surface area (TPSA) is 20.3 Å². The van der Waals surface area contributed by atoms with Gasteiger partial charge in [0, 0.05) is 12.1 Å². The predicted molar refractivity (Wildman–Crippen MR) is 64.9 cm³/mol. The van der Waals surface area contributed by atoms with Crippen molar-refractivity contribution >= 4 is 5.91 Å². The molecule has 2 nitrogen and oxygen atoms in total. The van der Waals surface area contributed by atoms with Gasteiger partial charge in [0.05, 0.1) is 6.04 Å². The Labute approximate surface area is 96.6 Å². The Morgan fingerprint density at radius 3 is 2.62 bits per heavy atom. The zero-order chi connectivity index (χ0) is 11.5. The molecule has 0 saturated carbocycles. The van der Waals surface area contributed by atoms with Gasteiger partial charge >= 0.3 is 0 Å². The first-order valence-corrected chi connectivity index (χ1v) is 5.80. The van der Waals surface area contributed by atoms with E-state index in [1.807, 2.05) is 23.1 Å². The van der Waals surface area contributed by atoms with E-state index in [0.717, 1.165) is 25.0 Å². The summed E-state index contributed by atoms with van der Waals surface area (Å²) in [6.07, 6.45) is 2.17. The average molecular weight is 215 g/mol. The van der Waals surface area contributed by atoms with Gasteiger partial charge in [-0.3, -0.25) is 4.79 Å². The third-order valence-corrected chi connectivity index (χ3v) is 3.05. The second-order valence-corrected chi connectivity index (χ2v) is 4.19. The van der Waals surface area contributed by atoms with Crippen LogP contribution in [-0.4, -0.2) is 17.4 Å². The van der Waals surface area contributed by atoms with Gasteiger partial charge in [0.25, 0.3) is 5.91 Å². The van der Waals surface area contributed by atoms with Crippen molar-refractivity contribution in [3.05, 3.63) is 48.0 Å². The summed E-state index contributed by atoms with van der Waals surface area (Å²) in [6.45, 7) is 6.84. The highest BCUT2D eigenvalue weighted by Crippen LogP contribution is 2.38. The van der Waals surface area contributed by atoms with Gasteiger partial charge in [0.15, 0.2) is 0 Å². The molecule has 2 rings (SSSR count). The van der Waals surface area contributed by atoms with Crippen LogP contribution in [0.25, 0.3) is 0 Å². The van der Waals surface area contributed by atoms with Crippen molar-refractivity contribution in [3.63, 3.8) is 0 Å². The fraction of sp³-hybridized carbons (Fsp3) is 0.357. The molecule has 0 aromatic heterocycles. The number of benzene rings is 1. The molecule has 1 fully saturated rings. The van der Waals surface area contributed by atoms with Gasteiger partial charge in [0.2, 0.25) is 0 Å². The Bertz CT molecular complexity index is 396. The minimum atomic E-state index is 0.111. The molecule has 1 aromatic rings. The third kappa shape index (κ3) is 1.75. The van der Waals surface area contributed by atoms with Crippen molar-refractivity contribution < 1.29 is 4.79 Å². The molecule has 16 heavy (non-hydrogen) atoms. The molecule has 0 bridgehead atoms. The second-order valence-electron chi connectivity index (χ2n) is 4.19. The monoisotopic (exact) mass is 215 g/mol. The maximum absolute atomic E-state index is 11.7. The minimum Gasteiger partial charge on any atom is -0.328 e. The summed E-state index contributed by atoms with van der Waals surface area (Å²) >= 11 is 0. The highest BCUT2D eigenvalue weighted by molar-refractivity contribution is 6.01. The van der Waals surface area contributed by atoms with Crippen LogP contribution in [0.3, 0.4) is 0 Å². The molecule has 2 heteroatoms. The Kier molecular flexibility index (Phi) is 3.09. The average Bonchev–Trinajstić information content (AvgIpc) is 2.34. The lowest BCUT2D eigenvalue weighted by Gasteiger charge is -2.42. The number of likely N-dealkylation sites (tertiary alicyclic amines) is 1. The van der Waals surface area contributed by atoms with E-state index < -0.39 is 0 Å². The molecule has 0 N–H and O–H groups in total. The lowest BCUT2D eigenvalue weighted by molar-refractivity contribution is -0.137. The normalized spacial score (nSPS) is 19.8. The molecular formula is C14H17NO. The number of hydrogen-bond acceptors (Lipinski definition) is 1. The highest BCUT2D eigenvalue weighted by atomic mass is 16.2. The van der Waals surface area contributed by atoms with Crippen molar-refractivity contribution in [2.45, 2.75) is 25.8 Å². The maximum atomic E-state index is 11.7. The van der Waals surface area contributed by atoms with Gasteiger partial charge in [-0.15, -0.1) is 0 Å². The summed E-state index contributed by atoms with van der Waals surface area (Å²) in [6, 6.07) is 10.2. The zero-order valence-electron chi connectivity index (χ0n) is 9.65. The number of carbonyl (C=O) groups excluding carboxylic acids is 1. The van der Waals surface area contributed by atoms with Crippen LogP contribution < -0.4 is 0 Å². The summed E-state index contributed by atoms with van der Waals surface area (Å²) < 4.78 is 0. The number of unbranched alkanes of at least 4 members (excludes halogenated alkanes) is 1. The smallest absolute Gasteiger partial charge is 0.252 e. The number of β-lactam (4-membered cyclic amide) rings is 1. The van der Waals surface area contributed by atoms with Crippen LogP contribution in [0.2, 0.25) is 0 Å². The summed E-state index contributed by atoms with van der Waals surface area (Å²) in [5.74, 6) is 0.113. The summed E-state index contributed by atoms with van der Waals surface area (Å²) in [4.78, 5) is 13.6. The molecule has 1 saturated heterocycles. The van der Waals surface area contributed by atoms with E-state index in [0.29, 0.717) is 0 Å². The molecule has 1 heterocycles. The van der Waals surface area contributed by atoms with Crippen molar-refractivity contribution in [3.8, 4) is 0 Å². The molecule has 84 valence electrons. The standard InChI is InChI=1S/C14H17NO/c1-3-4-10-15-13(11(2)14(15)16)12-8-6-5-7-9-12/h5-9,13H,2-4,10H2,1H3. The van der Waals surface area contributed by atoms with Crippen LogP contribution in [0.4, 0.5) is 0 Å². The van der Waals surface area contributed by atoms with Crippen molar-refractivity contribution in [1.29, 1.82) is 0 Å². The number of carbonyl (C=O) groups is 1. The number of nitrogens with zero attached hydrogens (tertiary/aromatic N) is 1. The van der Waals surface area contributed by atoms with Crippen LogP contribution in [0.15, 0.2) is 42.5 Å². The molecule has 1 amide bonds. The van der Waals surface area contributed by atoms with E-state index in [-0.39, 0.29) is 11.9 Å². The maximum Gasteiger partial charge on any atom is 0.252 e. The highest BCUT2D eigenvalue weighted by Gasteiger charge is 2.40. The number of amides is 1. The fourth-order valence-corrected chi connectivity index (χ4v) is 2.12. The Morgan fingerprint density at radius 1 is 1.31 bits per heavy atom. The second kappa shape index (κ2) is 4.52. The van der Waals surface area contributed by atoms with E-state index in [4.69, 9.17) is 0 Å². The van der Waals surface area contributed by atoms with Gasteiger partial charge < -0.3 is 4.90 Å². The number of rotatable bonds is 4. The van der Waals surface area contributed by atoms with Crippen molar-refractivity contribution in [1.82, 2.24) is 4.90 Å². The summed E-state index contributed by atoms with van der Waals surface area (Å²) in [7, 11) is 0. The molecular weight excluding hydrogens is 198 g/mol. The molecule has 0 aliphatic carbocycles. The molecule has 1 unspecified atom stereocenters. The summed E-state index contributed by atoms with van der Waals surface area (Å²) in [5, 5.41) is 0. The quantitative estimate of drug-likeness (QED) is 0.558. The minimum absolute atomic E-state index is 0.111. The van der Waals surface area contributed by atoms with Gasteiger partial charge in [-0.05, 0) is 12.0 Å². The Morgan fingerprint density at radius 2 is 2.00 bits per heavy atom. The van der Waals surface area contributed by atoms with E-state index in [9.17, 15) is 4.79 Å². The molecule has 0 radical (unpaired) electrons. The lowest BCUT2D eigenvalue weighted by atomic mass is 9.89. The predicted octanol–water partition coefficient (Wildman–Crippen LogP) is 2.93. The van der Waals surface area contributed by atoms with Crippen LogP contribution in [-0.2, 0) is 4.79 Å². The van der Waals surface area contributed by atoms with Crippen molar-refractivity contribution in [2.24, 2.45) is 0 Å². The largest absolute Gasteiger partial charge is 0.328 e. The van der Waals surface area contributed by atoms with Gasteiger partial charge in [-0.25, -0.2) is 0 Å². The summed E-state index contributed by atoms with van der Waals surface area (Å²) in [5.41, 5.74) is 1.89. The van der Waals surface area contributed by atoms with Gasteiger partial charge in [-0.1, -0.05) is 50.3 Å². The van der Waals surface area contributed by atoms with Crippen LogP contribution in [0, 0.1) is 0 Å². The van der Waals surface area contributed by atoms with E-state index >= 15 is 0 Å². The SMILES string of the molecule is C=C1C(=O)N(CCCC)C1c1ccccc1. The molecule has 1 aliphatic heterocycles. The van der Waals surface area contributed by atoms with E-state index in [1.54, 1.807) is 0 Å². The first-order valence-electron chi connectivity index (χ1n) is 5.80. The molecule has 1 aromatic carbocycles. The Balaban J connectivity index is 2.14. The number of hydrogen-bond donors (Lipinski definition) is 0. The third-order valence-electron chi connectivity index (χ3n) is 3.05. The molecule has 0 spiro atoms. The molecule has 1 aliphatic rings. The van der Waals surface area contributed by atoms with Crippen LogP contribution in [0.1, 0.15) is 31.4 Å². The fourth-order valence-electron chi connectivity index (χ4n) is 2.12. The molecule has 1 atom stereocenters.